The Morgan fingerprint density at radius 1 is 1.40 bits per heavy atom. The number of hydrogen-bond donors (Lipinski definition) is 2. The van der Waals surface area contributed by atoms with Gasteiger partial charge in [-0.05, 0) is 25.2 Å². The molecule has 0 amide bonds. The van der Waals surface area contributed by atoms with E-state index in [-0.39, 0.29) is 0 Å². The van der Waals surface area contributed by atoms with E-state index in [1.165, 1.54) is 0 Å². The first kappa shape index (κ1) is 11.1. The Labute approximate surface area is 89.9 Å². The average Bonchev–Trinajstić information content (AvgIpc) is 2.26. The second kappa shape index (κ2) is 5.70. The van der Waals surface area contributed by atoms with Gasteiger partial charge in [0, 0.05) is 24.2 Å². The summed E-state index contributed by atoms with van der Waals surface area (Å²) in [6, 6.07) is 7.25. The maximum Gasteiger partial charge on any atom is 0.101 e. The van der Waals surface area contributed by atoms with Crippen LogP contribution in [0.4, 0.5) is 5.69 Å². The zero-order valence-electron chi connectivity index (χ0n) is 8.67. The first-order chi connectivity index (χ1) is 7.27. The standard InChI is InChI=1S/C12H13N3/c1-15-7-3-2-4-10-5-6-12(14)8-11(10)9-13/h5-6,8,15H,3,7,14H2,1H3. The molecule has 1 aromatic rings. The number of nitrogens with one attached hydrogen (secondary N) is 1. The van der Waals surface area contributed by atoms with Gasteiger partial charge in [0.15, 0.2) is 0 Å². The summed E-state index contributed by atoms with van der Waals surface area (Å²) in [5.41, 5.74) is 7.43. The molecule has 3 nitrogen and oxygen atoms in total. The van der Waals surface area contributed by atoms with Crippen LogP contribution in [0.3, 0.4) is 0 Å². The van der Waals surface area contributed by atoms with Gasteiger partial charge in [-0.15, -0.1) is 0 Å². The maximum absolute atomic E-state index is 8.86. The van der Waals surface area contributed by atoms with E-state index in [0.717, 1.165) is 18.5 Å². The van der Waals surface area contributed by atoms with Gasteiger partial charge in [-0.2, -0.15) is 5.26 Å². The van der Waals surface area contributed by atoms with E-state index in [4.69, 9.17) is 11.0 Å². The molecular weight excluding hydrogens is 186 g/mol. The molecule has 0 unspecified atom stereocenters. The van der Waals surface area contributed by atoms with Gasteiger partial charge in [0.1, 0.15) is 6.07 Å². The van der Waals surface area contributed by atoms with Crippen LogP contribution < -0.4 is 11.1 Å². The summed E-state index contributed by atoms with van der Waals surface area (Å²) < 4.78 is 0. The SMILES string of the molecule is CNCCC#Cc1ccc(N)cc1C#N. The first-order valence-electron chi connectivity index (χ1n) is 4.71. The molecular formula is C12H13N3. The van der Waals surface area contributed by atoms with Crippen LogP contribution in [0.25, 0.3) is 0 Å². The molecule has 0 aliphatic heterocycles. The normalized spacial score (nSPS) is 8.80. The minimum absolute atomic E-state index is 0.534. The zero-order chi connectivity index (χ0) is 11.1. The lowest BCUT2D eigenvalue weighted by Crippen LogP contribution is -2.05. The molecule has 15 heavy (non-hydrogen) atoms. The Hall–Kier alpha value is -1.97. The molecule has 3 heteroatoms. The van der Waals surface area contributed by atoms with Gasteiger partial charge in [-0.1, -0.05) is 11.8 Å². The fourth-order valence-corrected chi connectivity index (χ4v) is 1.11. The van der Waals surface area contributed by atoms with Gasteiger partial charge < -0.3 is 11.1 Å². The number of nitrogens with zero attached hydrogens (tertiary/aromatic N) is 1. The molecule has 0 aliphatic carbocycles. The highest BCUT2D eigenvalue weighted by atomic mass is 14.8. The van der Waals surface area contributed by atoms with E-state index in [1.807, 2.05) is 7.05 Å². The molecule has 0 atom stereocenters. The summed E-state index contributed by atoms with van der Waals surface area (Å²) in [4.78, 5) is 0. The smallest absolute Gasteiger partial charge is 0.101 e. The molecule has 76 valence electrons. The second-order valence-corrected chi connectivity index (χ2v) is 3.07. The van der Waals surface area contributed by atoms with E-state index in [0.29, 0.717) is 11.3 Å². The third-order valence-electron chi connectivity index (χ3n) is 1.89. The van der Waals surface area contributed by atoms with Crippen LogP contribution in [0, 0.1) is 23.2 Å². The van der Waals surface area contributed by atoms with Crippen LogP contribution in [-0.2, 0) is 0 Å². The average molecular weight is 199 g/mol. The lowest BCUT2D eigenvalue weighted by molar-refractivity contribution is 0.818. The predicted octanol–water partition coefficient (Wildman–Crippen LogP) is 1.10. The van der Waals surface area contributed by atoms with Crippen LogP contribution in [0.5, 0.6) is 0 Å². The van der Waals surface area contributed by atoms with Gasteiger partial charge in [0.2, 0.25) is 0 Å². The van der Waals surface area contributed by atoms with Gasteiger partial charge in [-0.25, -0.2) is 0 Å². The molecule has 0 radical (unpaired) electrons. The van der Waals surface area contributed by atoms with Gasteiger partial charge in [-0.3, -0.25) is 0 Å². The molecule has 0 aliphatic rings. The van der Waals surface area contributed by atoms with Crippen LogP contribution in [0.15, 0.2) is 18.2 Å². The summed E-state index contributed by atoms with van der Waals surface area (Å²) in [6.07, 6.45) is 0.770. The van der Waals surface area contributed by atoms with Crippen molar-refractivity contribution in [3.05, 3.63) is 29.3 Å². The maximum atomic E-state index is 8.86. The van der Waals surface area contributed by atoms with Crippen LogP contribution >= 0.6 is 0 Å². The minimum Gasteiger partial charge on any atom is -0.399 e. The van der Waals surface area contributed by atoms with E-state index in [9.17, 15) is 0 Å². The first-order valence-corrected chi connectivity index (χ1v) is 4.71. The van der Waals surface area contributed by atoms with Crippen molar-refractivity contribution in [3.63, 3.8) is 0 Å². The predicted molar refractivity (Wildman–Crippen MR) is 61.0 cm³/mol. The number of nitrogen functional groups attached to an aromatic ring is 1. The Morgan fingerprint density at radius 2 is 2.20 bits per heavy atom. The number of nitrogens with two attached hydrogens (primary N) is 1. The third kappa shape index (κ3) is 3.34. The number of nitriles is 1. The molecule has 0 bridgehead atoms. The number of rotatable bonds is 2. The molecule has 0 aromatic heterocycles. The molecule has 0 fully saturated rings. The summed E-state index contributed by atoms with van der Waals surface area (Å²) >= 11 is 0. The van der Waals surface area contributed by atoms with E-state index < -0.39 is 0 Å². The van der Waals surface area contributed by atoms with Crippen molar-refractivity contribution < 1.29 is 0 Å². The van der Waals surface area contributed by atoms with E-state index in [1.54, 1.807) is 18.2 Å². The van der Waals surface area contributed by atoms with Crippen molar-refractivity contribution in [3.8, 4) is 17.9 Å². The fraction of sp³-hybridized carbons (Fsp3) is 0.250. The van der Waals surface area contributed by atoms with Crippen molar-refractivity contribution in [2.45, 2.75) is 6.42 Å². The van der Waals surface area contributed by atoms with E-state index >= 15 is 0 Å². The van der Waals surface area contributed by atoms with Crippen LogP contribution in [0.1, 0.15) is 17.5 Å². The number of hydrogen-bond acceptors (Lipinski definition) is 3. The lowest BCUT2D eigenvalue weighted by Gasteiger charge is -1.96. The highest BCUT2D eigenvalue weighted by Crippen LogP contribution is 2.11. The Kier molecular flexibility index (Phi) is 4.22. The largest absolute Gasteiger partial charge is 0.399 e. The van der Waals surface area contributed by atoms with Crippen LogP contribution in [0.2, 0.25) is 0 Å². The number of benzene rings is 1. The fourth-order valence-electron chi connectivity index (χ4n) is 1.11. The summed E-state index contributed by atoms with van der Waals surface area (Å²) in [5.74, 6) is 5.95. The van der Waals surface area contributed by atoms with Crippen molar-refractivity contribution in [1.29, 1.82) is 5.26 Å². The topological polar surface area (TPSA) is 61.8 Å². The Balaban J connectivity index is 2.84. The molecule has 1 aromatic carbocycles. The molecule has 0 heterocycles. The number of anilines is 1. The Morgan fingerprint density at radius 3 is 2.87 bits per heavy atom. The highest BCUT2D eigenvalue weighted by Gasteiger charge is 1.98. The van der Waals surface area contributed by atoms with Crippen LogP contribution in [-0.4, -0.2) is 13.6 Å². The second-order valence-electron chi connectivity index (χ2n) is 3.07. The molecule has 0 saturated carbocycles. The summed E-state index contributed by atoms with van der Waals surface area (Å²) in [5, 5.41) is 11.9. The summed E-state index contributed by atoms with van der Waals surface area (Å²) in [6.45, 7) is 0.851. The van der Waals surface area contributed by atoms with Gasteiger partial charge >= 0.3 is 0 Å². The monoisotopic (exact) mass is 199 g/mol. The highest BCUT2D eigenvalue weighted by molar-refractivity contribution is 5.55. The molecule has 0 saturated heterocycles. The third-order valence-corrected chi connectivity index (χ3v) is 1.89. The quantitative estimate of drug-likeness (QED) is 0.426. The molecule has 0 spiro atoms. The minimum atomic E-state index is 0.534. The lowest BCUT2D eigenvalue weighted by atomic mass is 10.1. The summed E-state index contributed by atoms with van der Waals surface area (Å²) in [7, 11) is 1.88. The molecule has 3 N–H and O–H groups in total. The Bertz CT molecular complexity index is 432. The van der Waals surface area contributed by atoms with Gasteiger partial charge in [0.05, 0.1) is 5.56 Å². The molecule has 1 rings (SSSR count). The van der Waals surface area contributed by atoms with Crippen molar-refractivity contribution in [2.24, 2.45) is 0 Å². The zero-order valence-corrected chi connectivity index (χ0v) is 8.67. The van der Waals surface area contributed by atoms with Crippen molar-refractivity contribution in [2.75, 3.05) is 19.3 Å². The van der Waals surface area contributed by atoms with E-state index in [2.05, 4.69) is 23.2 Å². The van der Waals surface area contributed by atoms with Crippen molar-refractivity contribution in [1.82, 2.24) is 5.32 Å². The van der Waals surface area contributed by atoms with Crippen molar-refractivity contribution >= 4 is 5.69 Å². The van der Waals surface area contributed by atoms with Gasteiger partial charge in [0.25, 0.3) is 0 Å².